The standard InChI is InChI=1S/C16H19FN2O3S/c1-22-16-7-12-14(4-5-18-15(12)8-13(16)17)19-9-11-3-2-6-23(20,21)10-11/h4-5,7-8,11H,2-3,6,9-10H2,1H3,(H,18,19). The Bertz CT molecular complexity index is 823. The second kappa shape index (κ2) is 6.31. The average molecular weight is 338 g/mol. The Kier molecular flexibility index (Phi) is 4.39. The van der Waals surface area contributed by atoms with Crippen LogP contribution >= 0.6 is 0 Å². The Morgan fingerprint density at radius 2 is 2.26 bits per heavy atom. The van der Waals surface area contributed by atoms with Crippen molar-refractivity contribution in [1.82, 2.24) is 4.98 Å². The average Bonchev–Trinajstić information content (AvgIpc) is 2.51. The van der Waals surface area contributed by atoms with E-state index < -0.39 is 15.7 Å². The Morgan fingerprint density at radius 1 is 1.43 bits per heavy atom. The van der Waals surface area contributed by atoms with Crippen molar-refractivity contribution >= 4 is 26.4 Å². The summed E-state index contributed by atoms with van der Waals surface area (Å²) < 4.78 is 42.2. The van der Waals surface area contributed by atoms with Gasteiger partial charge < -0.3 is 10.1 Å². The number of nitrogens with zero attached hydrogens (tertiary/aromatic N) is 1. The molecule has 0 saturated carbocycles. The van der Waals surface area contributed by atoms with Crippen LogP contribution in [0.25, 0.3) is 10.9 Å². The molecule has 2 aromatic rings. The zero-order valence-corrected chi connectivity index (χ0v) is 13.7. The third-order valence-electron chi connectivity index (χ3n) is 4.15. The molecule has 1 fully saturated rings. The van der Waals surface area contributed by atoms with Crippen LogP contribution in [0.3, 0.4) is 0 Å². The van der Waals surface area contributed by atoms with Gasteiger partial charge in [0, 0.05) is 29.9 Å². The molecule has 0 aliphatic carbocycles. The summed E-state index contributed by atoms with van der Waals surface area (Å²) in [5, 5.41) is 4.04. The van der Waals surface area contributed by atoms with Gasteiger partial charge in [0.1, 0.15) is 0 Å². The molecule has 1 aliphatic heterocycles. The number of aromatic nitrogens is 1. The van der Waals surface area contributed by atoms with Gasteiger partial charge in [-0.3, -0.25) is 4.98 Å². The van der Waals surface area contributed by atoms with Gasteiger partial charge in [0.15, 0.2) is 21.4 Å². The van der Waals surface area contributed by atoms with Crippen LogP contribution in [0.1, 0.15) is 12.8 Å². The molecule has 124 valence electrons. The van der Waals surface area contributed by atoms with Crippen LogP contribution in [0.2, 0.25) is 0 Å². The largest absolute Gasteiger partial charge is 0.494 e. The smallest absolute Gasteiger partial charge is 0.167 e. The molecule has 3 rings (SSSR count). The van der Waals surface area contributed by atoms with E-state index in [1.165, 1.54) is 13.2 Å². The first kappa shape index (κ1) is 16.0. The predicted octanol–water partition coefficient (Wildman–Crippen LogP) is 2.62. The lowest BCUT2D eigenvalue weighted by atomic mass is 10.1. The first-order valence-electron chi connectivity index (χ1n) is 7.55. The van der Waals surface area contributed by atoms with Gasteiger partial charge in [-0.15, -0.1) is 0 Å². The maximum Gasteiger partial charge on any atom is 0.167 e. The third-order valence-corrected chi connectivity index (χ3v) is 6.04. The number of fused-ring (bicyclic) bond motifs is 1. The van der Waals surface area contributed by atoms with E-state index in [0.29, 0.717) is 18.5 Å². The van der Waals surface area contributed by atoms with Crippen LogP contribution in [-0.4, -0.2) is 38.6 Å². The number of ether oxygens (including phenoxy) is 1. The molecule has 2 heterocycles. The Hall–Kier alpha value is -1.89. The fourth-order valence-electron chi connectivity index (χ4n) is 2.99. The van der Waals surface area contributed by atoms with E-state index in [4.69, 9.17) is 4.74 Å². The van der Waals surface area contributed by atoms with Crippen LogP contribution in [0.5, 0.6) is 5.75 Å². The first-order valence-corrected chi connectivity index (χ1v) is 9.37. The quantitative estimate of drug-likeness (QED) is 0.928. The van der Waals surface area contributed by atoms with Gasteiger partial charge in [0.05, 0.1) is 24.1 Å². The Balaban J connectivity index is 1.82. The summed E-state index contributed by atoms with van der Waals surface area (Å²) in [5.41, 5.74) is 1.33. The number of nitrogens with one attached hydrogen (secondary N) is 1. The zero-order chi connectivity index (χ0) is 16.4. The number of pyridine rings is 1. The van der Waals surface area contributed by atoms with Crippen LogP contribution in [0.4, 0.5) is 10.1 Å². The highest BCUT2D eigenvalue weighted by atomic mass is 32.2. The number of hydrogen-bond acceptors (Lipinski definition) is 5. The van der Waals surface area contributed by atoms with E-state index in [2.05, 4.69) is 10.3 Å². The van der Waals surface area contributed by atoms with Crippen LogP contribution < -0.4 is 10.1 Å². The normalized spacial score (nSPS) is 20.3. The molecule has 0 radical (unpaired) electrons. The molecule has 0 bridgehead atoms. The maximum atomic E-state index is 13.8. The van der Waals surface area contributed by atoms with Crippen molar-refractivity contribution in [3.8, 4) is 5.75 Å². The molecule has 1 N–H and O–H groups in total. The van der Waals surface area contributed by atoms with Gasteiger partial charge >= 0.3 is 0 Å². The van der Waals surface area contributed by atoms with Gasteiger partial charge in [-0.25, -0.2) is 12.8 Å². The first-order chi connectivity index (χ1) is 11.0. The summed E-state index contributed by atoms with van der Waals surface area (Å²) in [7, 11) is -1.50. The van der Waals surface area contributed by atoms with E-state index in [1.807, 2.05) is 0 Å². The summed E-state index contributed by atoms with van der Waals surface area (Å²) in [5.74, 6) is 0.315. The van der Waals surface area contributed by atoms with Crippen molar-refractivity contribution in [1.29, 1.82) is 0 Å². The summed E-state index contributed by atoms with van der Waals surface area (Å²) in [6.45, 7) is 0.567. The summed E-state index contributed by atoms with van der Waals surface area (Å²) >= 11 is 0. The van der Waals surface area contributed by atoms with Crippen molar-refractivity contribution < 1.29 is 17.5 Å². The van der Waals surface area contributed by atoms with Gasteiger partial charge in [-0.2, -0.15) is 0 Å². The second-order valence-electron chi connectivity index (χ2n) is 5.87. The number of benzene rings is 1. The molecule has 1 atom stereocenters. The lowest BCUT2D eigenvalue weighted by Gasteiger charge is -2.23. The molecule has 7 heteroatoms. The van der Waals surface area contributed by atoms with Crippen LogP contribution in [-0.2, 0) is 9.84 Å². The number of rotatable bonds is 4. The third kappa shape index (κ3) is 3.55. The zero-order valence-electron chi connectivity index (χ0n) is 12.9. The van der Waals surface area contributed by atoms with Gasteiger partial charge in [-0.1, -0.05) is 0 Å². The molecule has 1 saturated heterocycles. The SMILES string of the molecule is COc1cc2c(NCC3CCCS(=O)(=O)C3)ccnc2cc1F. The molecule has 23 heavy (non-hydrogen) atoms. The summed E-state index contributed by atoms with van der Waals surface area (Å²) in [6.07, 6.45) is 3.21. The highest BCUT2D eigenvalue weighted by Crippen LogP contribution is 2.29. The van der Waals surface area contributed by atoms with Crippen molar-refractivity contribution in [3.63, 3.8) is 0 Å². The monoisotopic (exact) mass is 338 g/mol. The minimum Gasteiger partial charge on any atom is -0.494 e. The number of anilines is 1. The van der Waals surface area contributed by atoms with E-state index in [0.717, 1.165) is 17.5 Å². The Morgan fingerprint density at radius 3 is 3.00 bits per heavy atom. The minimum absolute atomic E-state index is 0.0966. The molecule has 1 aromatic heterocycles. The topological polar surface area (TPSA) is 68.3 Å². The van der Waals surface area contributed by atoms with Crippen molar-refractivity contribution in [2.75, 3.05) is 30.5 Å². The van der Waals surface area contributed by atoms with Gasteiger partial charge in [0.25, 0.3) is 0 Å². The minimum atomic E-state index is -2.92. The molecule has 0 spiro atoms. The molecular formula is C16H19FN2O3S. The molecule has 5 nitrogen and oxygen atoms in total. The number of hydrogen-bond donors (Lipinski definition) is 1. The molecule has 1 aliphatic rings. The highest BCUT2D eigenvalue weighted by molar-refractivity contribution is 7.91. The summed E-state index contributed by atoms with van der Waals surface area (Å²) in [4.78, 5) is 4.16. The van der Waals surface area contributed by atoms with E-state index >= 15 is 0 Å². The second-order valence-corrected chi connectivity index (χ2v) is 8.09. The molecule has 0 amide bonds. The Labute approximate surface area is 134 Å². The fourth-order valence-corrected chi connectivity index (χ4v) is 4.77. The van der Waals surface area contributed by atoms with Crippen LogP contribution in [0.15, 0.2) is 24.4 Å². The van der Waals surface area contributed by atoms with E-state index in [-0.39, 0.29) is 23.2 Å². The van der Waals surface area contributed by atoms with E-state index in [9.17, 15) is 12.8 Å². The van der Waals surface area contributed by atoms with Crippen molar-refractivity contribution in [2.45, 2.75) is 12.8 Å². The molecule has 1 aromatic carbocycles. The number of methoxy groups -OCH3 is 1. The molecular weight excluding hydrogens is 319 g/mol. The van der Waals surface area contributed by atoms with Crippen molar-refractivity contribution in [2.24, 2.45) is 5.92 Å². The maximum absolute atomic E-state index is 13.8. The number of halogens is 1. The molecule has 1 unspecified atom stereocenters. The predicted molar refractivity (Wildman–Crippen MR) is 88.1 cm³/mol. The van der Waals surface area contributed by atoms with Crippen LogP contribution in [0, 0.1) is 11.7 Å². The fraction of sp³-hybridized carbons (Fsp3) is 0.438. The highest BCUT2D eigenvalue weighted by Gasteiger charge is 2.24. The van der Waals surface area contributed by atoms with E-state index in [1.54, 1.807) is 18.3 Å². The lowest BCUT2D eigenvalue weighted by molar-refractivity contribution is 0.387. The van der Waals surface area contributed by atoms with Gasteiger partial charge in [0.2, 0.25) is 0 Å². The summed E-state index contributed by atoms with van der Waals surface area (Å²) in [6, 6.07) is 4.75. The number of sulfone groups is 1. The van der Waals surface area contributed by atoms with Gasteiger partial charge in [-0.05, 0) is 30.9 Å². The van der Waals surface area contributed by atoms with Crippen molar-refractivity contribution in [3.05, 3.63) is 30.2 Å². The lowest BCUT2D eigenvalue weighted by Crippen LogP contribution is -2.29.